The second kappa shape index (κ2) is 6.05. The first-order valence-corrected chi connectivity index (χ1v) is 8.28. The topological polar surface area (TPSA) is 26.0 Å². The van der Waals surface area contributed by atoms with E-state index in [1.165, 1.54) is 43.4 Å². The summed E-state index contributed by atoms with van der Waals surface area (Å²) >= 11 is 11.2. The first-order valence-electron chi connectivity index (χ1n) is 6.29. The second-order valence-corrected chi connectivity index (χ2v) is 7.67. The summed E-state index contributed by atoms with van der Waals surface area (Å²) in [5, 5.41) is 0. The van der Waals surface area contributed by atoms with Crippen LogP contribution in [0.1, 0.15) is 43.4 Å². The van der Waals surface area contributed by atoms with Crippen LogP contribution < -0.4 is 5.73 Å². The van der Waals surface area contributed by atoms with Crippen LogP contribution in [0, 0.1) is 5.41 Å². The van der Waals surface area contributed by atoms with Crippen LogP contribution in [-0.2, 0) is 6.42 Å². The maximum atomic E-state index is 6.07. The monoisotopic (exact) mass is 335 g/mol. The predicted molar refractivity (Wildman–Crippen MR) is 79.9 cm³/mol. The zero-order valence-electron chi connectivity index (χ0n) is 9.98. The molecular weight excluding hydrogens is 318 g/mol. The lowest BCUT2D eigenvalue weighted by molar-refractivity contribution is 0.254. The average Bonchev–Trinajstić information content (AvgIpc) is 2.86. The molecule has 17 heavy (non-hydrogen) atoms. The van der Waals surface area contributed by atoms with Crippen LogP contribution in [0.4, 0.5) is 0 Å². The van der Waals surface area contributed by atoms with Gasteiger partial charge in [-0.3, -0.25) is 0 Å². The van der Waals surface area contributed by atoms with E-state index >= 15 is 0 Å². The number of hydrogen-bond donors (Lipinski definition) is 1. The Labute approximate surface area is 121 Å². The molecule has 2 N–H and O–H groups in total. The van der Waals surface area contributed by atoms with E-state index in [4.69, 9.17) is 17.3 Å². The summed E-state index contributed by atoms with van der Waals surface area (Å²) in [5.74, 6) is 0. The predicted octanol–water partition coefficient (Wildman–Crippen LogP) is 5.01. The zero-order valence-corrected chi connectivity index (χ0v) is 13.1. The van der Waals surface area contributed by atoms with Crippen molar-refractivity contribution in [2.45, 2.75) is 44.9 Å². The Morgan fingerprint density at radius 2 is 2.06 bits per heavy atom. The molecule has 2 rings (SSSR count). The van der Waals surface area contributed by atoms with Gasteiger partial charge in [0.2, 0.25) is 0 Å². The first kappa shape index (κ1) is 13.9. The highest BCUT2D eigenvalue weighted by molar-refractivity contribution is 9.10. The third-order valence-electron chi connectivity index (χ3n) is 3.94. The molecule has 0 spiro atoms. The van der Waals surface area contributed by atoms with Crippen molar-refractivity contribution in [2.75, 3.05) is 6.54 Å². The normalized spacial score (nSPS) is 18.8. The molecular formula is C13H19BrClNS. The third-order valence-corrected chi connectivity index (χ3v) is 6.47. The van der Waals surface area contributed by atoms with Gasteiger partial charge in [0.05, 0.1) is 0 Å². The standard InChI is InChI=1S/C13H19BrClNS/c14-11-9-10(17-12(11)15)3-6-13(7-8-16)4-1-2-5-13/h9H,1-8,16H2. The fraction of sp³-hybridized carbons (Fsp3) is 0.692. The molecule has 0 atom stereocenters. The van der Waals surface area contributed by atoms with Gasteiger partial charge in [0.25, 0.3) is 0 Å². The minimum atomic E-state index is 0.525. The summed E-state index contributed by atoms with van der Waals surface area (Å²) in [4.78, 5) is 1.39. The lowest BCUT2D eigenvalue weighted by atomic mass is 9.78. The van der Waals surface area contributed by atoms with E-state index in [0.717, 1.165) is 21.8 Å². The fourth-order valence-electron chi connectivity index (χ4n) is 2.96. The smallest absolute Gasteiger partial charge is 0.107 e. The summed E-state index contributed by atoms with van der Waals surface area (Å²) < 4.78 is 1.91. The highest BCUT2D eigenvalue weighted by Crippen LogP contribution is 2.45. The Morgan fingerprint density at radius 3 is 2.59 bits per heavy atom. The minimum absolute atomic E-state index is 0.525. The number of thiophene rings is 1. The van der Waals surface area contributed by atoms with Gasteiger partial charge in [0, 0.05) is 9.35 Å². The van der Waals surface area contributed by atoms with Crippen molar-refractivity contribution in [1.82, 2.24) is 0 Å². The van der Waals surface area contributed by atoms with Crippen LogP contribution in [0.25, 0.3) is 0 Å². The van der Waals surface area contributed by atoms with E-state index < -0.39 is 0 Å². The molecule has 96 valence electrons. The maximum Gasteiger partial charge on any atom is 0.107 e. The van der Waals surface area contributed by atoms with Crippen LogP contribution >= 0.6 is 38.9 Å². The number of halogens is 2. The fourth-order valence-corrected chi connectivity index (χ4v) is 4.75. The molecule has 1 nitrogen and oxygen atoms in total. The van der Waals surface area contributed by atoms with Gasteiger partial charge in [0.1, 0.15) is 4.34 Å². The van der Waals surface area contributed by atoms with E-state index in [-0.39, 0.29) is 0 Å². The van der Waals surface area contributed by atoms with E-state index in [2.05, 4.69) is 22.0 Å². The molecule has 1 fully saturated rings. The summed E-state index contributed by atoms with van der Waals surface area (Å²) in [5.41, 5.74) is 6.29. The van der Waals surface area contributed by atoms with Gasteiger partial charge in [-0.05, 0) is 66.1 Å². The van der Waals surface area contributed by atoms with Crippen LogP contribution in [0.5, 0.6) is 0 Å². The van der Waals surface area contributed by atoms with Gasteiger partial charge in [-0.2, -0.15) is 0 Å². The molecule has 1 aromatic rings. The lowest BCUT2D eigenvalue weighted by Gasteiger charge is -2.28. The quantitative estimate of drug-likeness (QED) is 0.804. The molecule has 0 aromatic carbocycles. The molecule has 0 bridgehead atoms. The molecule has 0 unspecified atom stereocenters. The van der Waals surface area contributed by atoms with Gasteiger partial charge in [0.15, 0.2) is 0 Å². The highest BCUT2D eigenvalue weighted by atomic mass is 79.9. The molecule has 1 aliphatic rings. The van der Waals surface area contributed by atoms with Crippen molar-refractivity contribution in [3.8, 4) is 0 Å². The molecule has 0 saturated heterocycles. The number of hydrogen-bond acceptors (Lipinski definition) is 2. The van der Waals surface area contributed by atoms with E-state index in [9.17, 15) is 0 Å². The van der Waals surface area contributed by atoms with Crippen LogP contribution in [0.15, 0.2) is 10.5 Å². The minimum Gasteiger partial charge on any atom is -0.330 e. The van der Waals surface area contributed by atoms with Crippen LogP contribution in [0.2, 0.25) is 4.34 Å². The third kappa shape index (κ3) is 3.46. The van der Waals surface area contributed by atoms with Crippen molar-refractivity contribution < 1.29 is 0 Å². The van der Waals surface area contributed by atoms with Gasteiger partial charge in [-0.1, -0.05) is 24.4 Å². The Balaban J connectivity index is 1.95. The number of rotatable bonds is 5. The Bertz CT molecular complexity index is 352. The molecule has 1 aromatic heterocycles. The first-order chi connectivity index (χ1) is 8.15. The van der Waals surface area contributed by atoms with E-state index in [1.807, 2.05) is 0 Å². The number of aryl methyl sites for hydroxylation is 1. The largest absolute Gasteiger partial charge is 0.330 e. The van der Waals surface area contributed by atoms with Crippen molar-refractivity contribution in [3.63, 3.8) is 0 Å². The molecule has 0 amide bonds. The van der Waals surface area contributed by atoms with Gasteiger partial charge in [-0.25, -0.2) is 0 Å². The van der Waals surface area contributed by atoms with Crippen LogP contribution in [0.3, 0.4) is 0 Å². The zero-order chi connectivity index (χ0) is 12.3. The summed E-state index contributed by atoms with van der Waals surface area (Å²) in [6.45, 7) is 0.828. The second-order valence-electron chi connectivity index (χ2n) is 5.08. The van der Waals surface area contributed by atoms with E-state index in [0.29, 0.717) is 5.41 Å². The number of nitrogens with two attached hydrogens (primary N) is 1. The summed E-state index contributed by atoms with van der Waals surface area (Å²) in [6.07, 6.45) is 9.11. The lowest BCUT2D eigenvalue weighted by Crippen LogP contribution is -2.21. The maximum absolute atomic E-state index is 6.07. The molecule has 1 aliphatic carbocycles. The molecule has 0 radical (unpaired) electrons. The Hall–Kier alpha value is 0.430. The molecule has 0 aliphatic heterocycles. The Kier molecular flexibility index (Phi) is 4.93. The van der Waals surface area contributed by atoms with Gasteiger partial charge < -0.3 is 5.73 Å². The Morgan fingerprint density at radius 1 is 1.35 bits per heavy atom. The van der Waals surface area contributed by atoms with Gasteiger partial charge >= 0.3 is 0 Å². The molecule has 1 heterocycles. The van der Waals surface area contributed by atoms with Crippen LogP contribution in [-0.4, -0.2) is 6.54 Å². The summed E-state index contributed by atoms with van der Waals surface area (Å²) in [7, 11) is 0. The highest BCUT2D eigenvalue weighted by Gasteiger charge is 2.32. The van der Waals surface area contributed by atoms with Crippen molar-refractivity contribution in [1.29, 1.82) is 0 Å². The SMILES string of the molecule is NCCC1(CCc2cc(Br)c(Cl)s2)CCCC1. The van der Waals surface area contributed by atoms with Crippen molar-refractivity contribution >= 4 is 38.9 Å². The molecule has 4 heteroatoms. The van der Waals surface area contributed by atoms with Gasteiger partial charge in [-0.15, -0.1) is 11.3 Å². The van der Waals surface area contributed by atoms with Crippen molar-refractivity contribution in [3.05, 3.63) is 19.8 Å². The average molecular weight is 337 g/mol. The molecule has 1 saturated carbocycles. The summed E-state index contributed by atoms with van der Waals surface area (Å²) in [6, 6.07) is 2.16. The van der Waals surface area contributed by atoms with Crippen molar-refractivity contribution in [2.24, 2.45) is 11.1 Å². The van der Waals surface area contributed by atoms with E-state index in [1.54, 1.807) is 11.3 Å².